The summed E-state index contributed by atoms with van der Waals surface area (Å²) in [7, 11) is 0. The van der Waals surface area contributed by atoms with Gasteiger partial charge in [0, 0.05) is 30.2 Å². The molecule has 0 fully saturated rings. The van der Waals surface area contributed by atoms with Gasteiger partial charge in [-0.2, -0.15) is 5.10 Å². The Bertz CT molecular complexity index is 1210. The number of aromatic nitrogens is 5. The highest BCUT2D eigenvalue weighted by molar-refractivity contribution is 5.94. The summed E-state index contributed by atoms with van der Waals surface area (Å²) in [4.78, 5) is 21.8. The average Bonchev–Trinajstić information content (AvgIpc) is 3.31. The standard InChI is InChI=1S/C23H24N6O/c1-16-22(28-14-7-5-11-20(28)26-16)23(30)25-13-15-29-19-10-3-2-8-17(19)21(27-29)18-9-4-6-12-24-18/h4-7,9,11-12,14H,2-3,8,10,13,15H2,1H3,(H,25,30). The molecule has 0 radical (unpaired) electrons. The van der Waals surface area contributed by atoms with Gasteiger partial charge < -0.3 is 5.32 Å². The molecule has 0 atom stereocenters. The summed E-state index contributed by atoms with van der Waals surface area (Å²) in [6.07, 6.45) is 8.09. The topological polar surface area (TPSA) is 77.1 Å². The number of nitrogens with zero attached hydrogens (tertiary/aromatic N) is 5. The van der Waals surface area contributed by atoms with E-state index in [1.807, 2.05) is 60.1 Å². The molecule has 30 heavy (non-hydrogen) atoms. The van der Waals surface area contributed by atoms with Gasteiger partial charge in [0.25, 0.3) is 5.91 Å². The van der Waals surface area contributed by atoms with Gasteiger partial charge in [-0.1, -0.05) is 12.1 Å². The fourth-order valence-electron chi connectivity index (χ4n) is 4.31. The highest BCUT2D eigenvalue weighted by Gasteiger charge is 2.22. The molecule has 4 heterocycles. The van der Waals surface area contributed by atoms with E-state index in [0.717, 1.165) is 35.6 Å². The Morgan fingerprint density at radius 2 is 2.00 bits per heavy atom. The predicted molar refractivity (Wildman–Crippen MR) is 114 cm³/mol. The second kappa shape index (κ2) is 7.74. The Labute approximate surface area is 174 Å². The van der Waals surface area contributed by atoms with Crippen LogP contribution in [-0.4, -0.2) is 36.6 Å². The molecule has 0 unspecified atom stereocenters. The van der Waals surface area contributed by atoms with E-state index < -0.39 is 0 Å². The molecule has 7 nitrogen and oxygen atoms in total. The van der Waals surface area contributed by atoms with Crippen molar-refractivity contribution >= 4 is 11.6 Å². The van der Waals surface area contributed by atoms with E-state index in [0.29, 0.717) is 18.8 Å². The number of carbonyl (C=O) groups excluding carboxylic acids is 1. The zero-order valence-corrected chi connectivity index (χ0v) is 17.0. The molecule has 7 heteroatoms. The summed E-state index contributed by atoms with van der Waals surface area (Å²) in [5.74, 6) is -0.114. The van der Waals surface area contributed by atoms with Crippen LogP contribution in [0.3, 0.4) is 0 Å². The summed E-state index contributed by atoms with van der Waals surface area (Å²) >= 11 is 0. The molecular weight excluding hydrogens is 376 g/mol. The lowest BCUT2D eigenvalue weighted by Gasteiger charge is -2.14. The van der Waals surface area contributed by atoms with Crippen molar-refractivity contribution in [3.05, 3.63) is 71.4 Å². The third-order valence-electron chi connectivity index (χ3n) is 5.69. The van der Waals surface area contributed by atoms with Gasteiger partial charge >= 0.3 is 0 Å². The normalized spacial score (nSPS) is 13.4. The van der Waals surface area contributed by atoms with E-state index in [2.05, 4.69) is 20.0 Å². The van der Waals surface area contributed by atoms with Gasteiger partial charge in [-0.3, -0.25) is 18.9 Å². The maximum atomic E-state index is 12.8. The maximum absolute atomic E-state index is 12.8. The number of fused-ring (bicyclic) bond motifs is 2. The number of carbonyl (C=O) groups is 1. The molecule has 4 aromatic heterocycles. The van der Waals surface area contributed by atoms with Crippen molar-refractivity contribution in [2.24, 2.45) is 0 Å². The SMILES string of the molecule is Cc1nc2ccccn2c1C(=O)NCCn1nc(-c2ccccn2)c2c1CCCC2. The average molecular weight is 400 g/mol. The molecule has 1 amide bonds. The van der Waals surface area contributed by atoms with Crippen molar-refractivity contribution in [3.8, 4) is 11.4 Å². The van der Waals surface area contributed by atoms with Gasteiger partial charge in [-0.05, 0) is 56.9 Å². The molecule has 0 bridgehead atoms. The smallest absolute Gasteiger partial charge is 0.270 e. The first-order valence-electron chi connectivity index (χ1n) is 10.4. The molecular formula is C23H24N6O. The molecule has 0 saturated carbocycles. The van der Waals surface area contributed by atoms with Gasteiger partial charge in [0.05, 0.1) is 17.9 Å². The van der Waals surface area contributed by atoms with Gasteiger partial charge in [-0.15, -0.1) is 0 Å². The van der Waals surface area contributed by atoms with Crippen LogP contribution in [-0.2, 0) is 19.4 Å². The van der Waals surface area contributed by atoms with E-state index in [1.54, 1.807) is 0 Å². The van der Waals surface area contributed by atoms with Crippen molar-refractivity contribution in [1.29, 1.82) is 0 Å². The van der Waals surface area contributed by atoms with Crippen LogP contribution in [0.15, 0.2) is 48.8 Å². The number of pyridine rings is 2. The molecule has 0 saturated heterocycles. The number of amides is 1. The van der Waals surface area contributed by atoms with Crippen LogP contribution < -0.4 is 5.32 Å². The molecule has 0 aromatic carbocycles. The highest BCUT2D eigenvalue weighted by atomic mass is 16.1. The van der Waals surface area contributed by atoms with Crippen LogP contribution in [0.5, 0.6) is 0 Å². The van der Waals surface area contributed by atoms with Crippen molar-refractivity contribution < 1.29 is 4.79 Å². The largest absolute Gasteiger partial charge is 0.349 e. The fraction of sp³-hybridized carbons (Fsp3) is 0.304. The van der Waals surface area contributed by atoms with Crippen molar-refractivity contribution in [3.63, 3.8) is 0 Å². The van der Waals surface area contributed by atoms with E-state index in [1.165, 1.54) is 24.1 Å². The van der Waals surface area contributed by atoms with Crippen LogP contribution >= 0.6 is 0 Å². The van der Waals surface area contributed by atoms with E-state index in [9.17, 15) is 4.79 Å². The minimum absolute atomic E-state index is 0.114. The van der Waals surface area contributed by atoms with Crippen LogP contribution in [0.4, 0.5) is 0 Å². The number of aryl methyl sites for hydroxylation is 1. The second-order valence-corrected chi connectivity index (χ2v) is 7.65. The zero-order chi connectivity index (χ0) is 20.5. The second-order valence-electron chi connectivity index (χ2n) is 7.65. The number of nitrogens with one attached hydrogen (secondary N) is 1. The minimum atomic E-state index is -0.114. The summed E-state index contributed by atoms with van der Waals surface area (Å²) in [5, 5.41) is 7.92. The number of rotatable bonds is 5. The molecule has 152 valence electrons. The fourth-order valence-corrected chi connectivity index (χ4v) is 4.31. The maximum Gasteiger partial charge on any atom is 0.270 e. The molecule has 5 rings (SSSR count). The van der Waals surface area contributed by atoms with Gasteiger partial charge in [0.1, 0.15) is 17.0 Å². The Morgan fingerprint density at radius 3 is 2.87 bits per heavy atom. The summed E-state index contributed by atoms with van der Waals surface area (Å²) in [5.41, 5.74) is 6.58. The summed E-state index contributed by atoms with van der Waals surface area (Å²) < 4.78 is 3.89. The van der Waals surface area contributed by atoms with E-state index in [-0.39, 0.29) is 5.91 Å². The van der Waals surface area contributed by atoms with Crippen molar-refractivity contribution in [1.82, 2.24) is 29.5 Å². The van der Waals surface area contributed by atoms with Crippen molar-refractivity contribution in [2.45, 2.75) is 39.2 Å². The molecule has 4 aromatic rings. The Balaban J connectivity index is 1.35. The lowest BCUT2D eigenvalue weighted by atomic mass is 9.95. The Hall–Kier alpha value is -3.48. The van der Waals surface area contributed by atoms with Crippen LogP contribution in [0.1, 0.15) is 40.3 Å². The highest BCUT2D eigenvalue weighted by Crippen LogP contribution is 2.30. The minimum Gasteiger partial charge on any atom is -0.349 e. The number of hydrogen-bond donors (Lipinski definition) is 1. The Kier molecular flexibility index (Phi) is 4.78. The van der Waals surface area contributed by atoms with Gasteiger partial charge in [0.2, 0.25) is 0 Å². The quantitative estimate of drug-likeness (QED) is 0.558. The lowest BCUT2D eigenvalue weighted by molar-refractivity contribution is 0.0945. The first-order valence-corrected chi connectivity index (χ1v) is 10.4. The van der Waals surface area contributed by atoms with Crippen LogP contribution in [0.25, 0.3) is 17.0 Å². The lowest BCUT2D eigenvalue weighted by Crippen LogP contribution is -2.29. The first kappa shape index (κ1) is 18.5. The van der Waals surface area contributed by atoms with Crippen LogP contribution in [0, 0.1) is 6.92 Å². The third-order valence-corrected chi connectivity index (χ3v) is 5.69. The van der Waals surface area contributed by atoms with Crippen molar-refractivity contribution in [2.75, 3.05) is 6.54 Å². The van der Waals surface area contributed by atoms with E-state index in [4.69, 9.17) is 5.10 Å². The summed E-state index contributed by atoms with van der Waals surface area (Å²) in [6.45, 7) is 3.01. The van der Waals surface area contributed by atoms with Gasteiger partial charge in [0.15, 0.2) is 0 Å². The first-order chi connectivity index (χ1) is 14.7. The zero-order valence-electron chi connectivity index (χ0n) is 17.0. The third kappa shape index (κ3) is 3.26. The molecule has 1 aliphatic rings. The monoisotopic (exact) mass is 400 g/mol. The number of hydrogen-bond acceptors (Lipinski definition) is 4. The van der Waals surface area contributed by atoms with Crippen LogP contribution in [0.2, 0.25) is 0 Å². The molecule has 0 aliphatic heterocycles. The number of imidazole rings is 1. The molecule has 1 N–H and O–H groups in total. The predicted octanol–water partition coefficient (Wildman–Crippen LogP) is 3.21. The summed E-state index contributed by atoms with van der Waals surface area (Å²) in [6, 6.07) is 11.7. The van der Waals surface area contributed by atoms with E-state index >= 15 is 0 Å². The van der Waals surface area contributed by atoms with Gasteiger partial charge in [-0.25, -0.2) is 4.98 Å². The molecule has 1 aliphatic carbocycles. The Morgan fingerprint density at radius 1 is 1.13 bits per heavy atom. The molecule has 0 spiro atoms.